The fourth-order valence-electron chi connectivity index (χ4n) is 1.76. The number of nitrogens with one attached hydrogen (secondary N) is 1. The standard InChI is InChI=1S/C11H14ClNO4S2/c1-17-10(14)11(4-5-11)13-6-7-19(15,16)9-3-2-8(12)18-9/h2-3,13H,4-7H2,1H3. The van der Waals surface area contributed by atoms with Gasteiger partial charge in [-0.05, 0) is 25.0 Å². The number of ether oxygens (including phenoxy) is 1. The third-order valence-electron chi connectivity index (χ3n) is 3.02. The Morgan fingerprint density at radius 1 is 1.53 bits per heavy atom. The molecule has 19 heavy (non-hydrogen) atoms. The molecule has 1 aliphatic carbocycles. The maximum atomic E-state index is 12.0. The Morgan fingerprint density at radius 2 is 2.21 bits per heavy atom. The van der Waals surface area contributed by atoms with Crippen molar-refractivity contribution in [2.75, 3.05) is 19.4 Å². The van der Waals surface area contributed by atoms with E-state index in [4.69, 9.17) is 11.6 Å². The van der Waals surface area contributed by atoms with Crippen molar-refractivity contribution in [1.29, 1.82) is 0 Å². The number of methoxy groups -OCH3 is 1. The first kappa shape index (κ1) is 14.8. The number of thiophene rings is 1. The molecule has 0 saturated heterocycles. The van der Waals surface area contributed by atoms with Gasteiger partial charge in [0.25, 0.3) is 0 Å². The summed E-state index contributed by atoms with van der Waals surface area (Å²) in [5, 5.41) is 2.97. The number of sulfone groups is 1. The number of rotatable bonds is 6. The highest BCUT2D eigenvalue weighted by atomic mass is 35.5. The van der Waals surface area contributed by atoms with Gasteiger partial charge < -0.3 is 10.1 Å². The van der Waals surface area contributed by atoms with E-state index in [1.54, 1.807) is 6.07 Å². The van der Waals surface area contributed by atoms with Crippen LogP contribution in [-0.4, -0.2) is 39.3 Å². The molecule has 0 bridgehead atoms. The van der Waals surface area contributed by atoms with Crippen LogP contribution in [0.1, 0.15) is 12.8 Å². The summed E-state index contributed by atoms with van der Waals surface area (Å²) in [6.07, 6.45) is 1.37. The first-order valence-electron chi connectivity index (χ1n) is 5.71. The van der Waals surface area contributed by atoms with Crippen LogP contribution in [-0.2, 0) is 19.4 Å². The molecule has 0 amide bonds. The highest BCUT2D eigenvalue weighted by Crippen LogP contribution is 2.36. The molecule has 0 unspecified atom stereocenters. The number of hydrogen-bond donors (Lipinski definition) is 1. The van der Waals surface area contributed by atoms with Gasteiger partial charge in [0.05, 0.1) is 17.2 Å². The maximum Gasteiger partial charge on any atom is 0.326 e. The van der Waals surface area contributed by atoms with E-state index in [0.29, 0.717) is 17.2 Å². The van der Waals surface area contributed by atoms with Crippen molar-refractivity contribution in [3.63, 3.8) is 0 Å². The van der Waals surface area contributed by atoms with E-state index in [-0.39, 0.29) is 22.5 Å². The summed E-state index contributed by atoms with van der Waals surface area (Å²) < 4.78 is 29.4. The van der Waals surface area contributed by atoms with Gasteiger partial charge in [0.2, 0.25) is 0 Å². The molecule has 1 aliphatic rings. The summed E-state index contributed by atoms with van der Waals surface area (Å²) >= 11 is 6.76. The molecule has 1 aromatic rings. The Bertz CT molecular complexity index is 577. The lowest BCUT2D eigenvalue weighted by atomic mass is 10.3. The largest absolute Gasteiger partial charge is 0.468 e. The molecule has 1 saturated carbocycles. The maximum absolute atomic E-state index is 12.0. The van der Waals surface area contributed by atoms with Crippen LogP contribution in [0.2, 0.25) is 4.34 Å². The van der Waals surface area contributed by atoms with Gasteiger partial charge in [0.1, 0.15) is 9.75 Å². The molecule has 1 heterocycles. The molecule has 0 spiro atoms. The fraction of sp³-hybridized carbons (Fsp3) is 0.545. The molecule has 106 valence electrons. The fourth-order valence-corrected chi connectivity index (χ4v) is 4.55. The third kappa shape index (κ3) is 3.28. The van der Waals surface area contributed by atoms with E-state index in [9.17, 15) is 13.2 Å². The van der Waals surface area contributed by atoms with Crippen LogP contribution < -0.4 is 5.32 Å². The minimum Gasteiger partial charge on any atom is -0.468 e. The predicted molar refractivity (Wildman–Crippen MR) is 73.4 cm³/mol. The SMILES string of the molecule is COC(=O)C1(NCCS(=O)(=O)c2ccc(Cl)s2)CC1. The second-order valence-electron chi connectivity index (χ2n) is 4.38. The topological polar surface area (TPSA) is 72.5 Å². The highest BCUT2D eigenvalue weighted by molar-refractivity contribution is 7.93. The summed E-state index contributed by atoms with van der Waals surface area (Å²) in [5.41, 5.74) is -0.669. The summed E-state index contributed by atoms with van der Waals surface area (Å²) in [5.74, 6) is -0.396. The number of halogens is 1. The van der Waals surface area contributed by atoms with Crippen molar-refractivity contribution in [2.24, 2.45) is 0 Å². The van der Waals surface area contributed by atoms with Crippen LogP contribution in [0.4, 0.5) is 0 Å². The van der Waals surface area contributed by atoms with Crippen molar-refractivity contribution in [3.8, 4) is 0 Å². The lowest BCUT2D eigenvalue weighted by Crippen LogP contribution is -2.42. The monoisotopic (exact) mass is 323 g/mol. The Hall–Kier alpha value is -0.630. The lowest BCUT2D eigenvalue weighted by molar-refractivity contribution is -0.144. The minimum atomic E-state index is -3.35. The zero-order valence-electron chi connectivity index (χ0n) is 10.3. The molecule has 0 aliphatic heterocycles. The number of carbonyl (C=O) groups excluding carboxylic acids is 1. The number of esters is 1. The molecule has 2 rings (SSSR count). The van der Waals surface area contributed by atoms with Gasteiger partial charge in [-0.2, -0.15) is 0 Å². The van der Waals surface area contributed by atoms with Crippen LogP contribution in [0, 0.1) is 0 Å². The normalized spacial score (nSPS) is 17.2. The van der Waals surface area contributed by atoms with Crippen molar-refractivity contribution < 1.29 is 17.9 Å². The number of carbonyl (C=O) groups is 1. The van der Waals surface area contributed by atoms with Gasteiger partial charge in [-0.3, -0.25) is 4.79 Å². The average molecular weight is 324 g/mol. The van der Waals surface area contributed by atoms with Crippen molar-refractivity contribution in [3.05, 3.63) is 16.5 Å². The van der Waals surface area contributed by atoms with Gasteiger partial charge in [-0.25, -0.2) is 8.42 Å². The van der Waals surface area contributed by atoms with E-state index >= 15 is 0 Å². The van der Waals surface area contributed by atoms with Gasteiger partial charge in [0.15, 0.2) is 9.84 Å². The van der Waals surface area contributed by atoms with Gasteiger partial charge in [0, 0.05) is 6.54 Å². The van der Waals surface area contributed by atoms with E-state index in [0.717, 1.165) is 11.3 Å². The Labute approximate surface area is 120 Å². The Kier molecular flexibility index (Phi) is 4.20. The zero-order valence-corrected chi connectivity index (χ0v) is 12.7. The highest BCUT2D eigenvalue weighted by Gasteiger charge is 2.50. The second-order valence-corrected chi connectivity index (χ2v) is 8.43. The van der Waals surface area contributed by atoms with Crippen LogP contribution in [0.3, 0.4) is 0 Å². The van der Waals surface area contributed by atoms with Crippen LogP contribution >= 0.6 is 22.9 Å². The van der Waals surface area contributed by atoms with Crippen molar-refractivity contribution in [2.45, 2.75) is 22.6 Å². The third-order valence-corrected chi connectivity index (χ3v) is 6.54. The quantitative estimate of drug-likeness (QED) is 0.803. The summed E-state index contributed by atoms with van der Waals surface area (Å²) in [4.78, 5) is 11.5. The first-order valence-corrected chi connectivity index (χ1v) is 8.56. The lowest BCUT2D eigenvalue weighted by Gasteiger charge is -2.14. The minimum absolute atomic E-state index is 0.0669. The molecule has 1 aromatic heterocycles. The van der Waals surface area contributed by atoms with E-state index in [1.165, 1.54) is 13.2 Å². The summed E-state index contributed by atoms with van der Waals surface area (Å²) in [6, 6.07) is 3.05. The summed E-state index contributed by atoms with van der Waals surface area (Å²) in [6.45, 7) is 0.215. The molecule has 0 aromatic carbocycles. The van der Waals surface area contributed by atoms with Gasteiger partial charge >= 0.3 is 5.97 Å². The molecular formula is C11H14ClNO4S2. The van der Waals surface area contributed by atoms with Crippen LogP contribution in [0.25, 0.3) is 0 Å². The molecule has 0 radical (unpaired) electrons. The Morgan fingerprint density at radius 3 is 2.68 bits per heavy atom. The van der Waals surface area contributed by atoms with E-state index < -0.39 is 15.4 Å². The molecule has 1 fully saturated rings. The molecule has 5 nitrogen and oxygen atoms in total. The summed E-state index contributed by atoms with van der Waals surface area (Å²) in [7, 11) is -2.02. The molecular weight excluding hydrogens is 310 g/mol. The van der Waals surface area contributed by atoms with E-state index in [2.05, 4.69) is 10.1 Å². The number of hydrogen-bond acceptors (Lipinski definition) is 6. The van der Waals surface area contributed by atoms with Gasteiger partial charge in [-0.15, -0.1) is 11.3 Å². The van der Waals surface area contributed by atoms with Crippen LogP contribution in [0.5, 0.6) is 0 Å². The molecule has 1 N–H and O–H groups in total. The van der Waals surface area contributed by atoms with E-state index in [1.807, 2.05) is 0 Å². The zero-order chi connectivity index (χ0) is 14.1. The predicted octanol–water partition coefficient (Wildman–Crippen LogP) is 1.47. The molecule has 8 heteroatoms. The smallest absolute Gasteiger partial charge is 0.326 e. The van der Waals surface area contributed by atoms with Crippen LogP contribution in [0.15, 0.2) is 16.3 Å². The average Bonchev–Trinajstić information content (AvgIpc) is 3.01. The second kappa shape index (κ2) is 5.40. The van der Waals surface area contributed by atoms with Gasteiger partial charge in [-0.1, -0.05) is 11.6 Å². The van der Waals surface area contributed by atoms with Crippen molar-refractivity contribution in [1.82, 2.24) is 5.32 Å². The van der Waals surface area contributed by atoms with Crippen molar-refractivity contribution >= 4 is 38.7 Å². The molecule has 0 atom stereocenters. The first-order chi connectivity index (χ1) is 8.89. The Balaban J connectivity index is 1.91.